The zero-order valence-corrected chi connectivity index (χ0v) is 11.4. The fourth-order valence-corrected chi connectivity index (χ4v) is 1.84. The van der Waals surface area contributed by atoms with Gasteiger partial charge in [0.1, 0.15) is 11.4 Å². The average molecular weight is 281 g/mol. The average Bonchev–Trinajstić information content (AvgIpc) is 2.80. The SMILES string of the molecule is CCC(C)n1cc(N)c(-c2ccc(OC(F)F)cc2)n1. The standard InChI is InChI=1S/C14H17F2N3O/c1-3-9(2)19-8-12(17)13(18-19)10-4-6-11(7-5-10)20-14(15)16/h4-9,14H,3,17H2,1-2H3. The molecule has 2 N–H and O–H groups in total. The fraction of sp³-hybridized carbons (Fsp3) is 0.357. The van der Waals surface area contributed by atoms with E-state index in [1.165, 1.54) is 12.1 Å². The minimum atomic E-state index is -2.82. The third-order valence-electron chi connectivity index (χ3n) is 3.16. The molecule has 0 fully saturated rings. The van der Waals surface area contributed by atoms with Gasteiger partial charge in [0.2, 0.25) is 0 Å². The van der Waals surface area contributed by atoms with Crippen LogP contribution in [0.5, 0.6) is 5.75 Å². The number of ether oxygens (including phenoxy) is 1. The summed E-state index contributed by atoms with van der Waals surface area (Å²) < 4.78 is 30.3. The summed E-state index contributed by atoms with van der Waals surface area (Å²) in [5.74, 6) is 0.115. The summed E-state index contributed by atoms with van der Waals surface area (Å²) in [7, 11) is 0. The minimum Gasteiger partial charge on any atom is -0.435 e. The number of hydrogen-bond donors (Lipinski definition) is 1. The highest BCUT2D eigenvalue weighted by atomic mass is 19.3. The highest BCUT2D eigenvalue weighted by Gasteiger charge is 2.12. The number of nitrogens with two attached hydrogens (primary N) is 1. The van der Waals surface area contributed by atoms with Gasteiger partial charge in [0.15, 0.2) is 0 Å². The van der Waals surface area contributed by atoms with Crippen LogP contribution >= 0.6 is 0 Å². The van der Waals surface area contributed by atoms with E-state index in [1.807, 2.05) is 4.68 Å². The van der Waals surface area contributed by atoms with Crippen LogP contribution in [0.2, 0.25) is 0 Å². The van der Waals surface area contributed by atoms with E-state index >= 15 is 0 Å². The van der Waals surface area contributed by atoms with Gasteiger partial charge in [-0.25, -0.2) is 0 Å². The Kier molecular flexibility index (Phi) is 4.22. The minimum absolute atomic E-state index is 0.115. The maximum atomic E-state index is 12.1. The molecule has 0 aliphatic rings. The van der Waals surface area contributed by atoms with E-state index < -0.39 is 6.61 Å². The highest BCUT2D eigenvalue weighted by molar-refractivity contribution is 5.72. The molecule has 2 rings (SSSR count). The Morgan fingerprint density at radius 2 is 1.95 bits per heavy atom. The van der Waals surface area contributed by atoms with Gasteiger partial charge in [-0.2, -0.15) is 13.9 Å². The van der Waals surface area contributed by atoms with Gasteiger partial charge in [-0.3, -0.25) is 4.68 Å². The van der Waals surface area contributed by atoms with Crippen LogP contribution in [-0.2, 0) is 0 Å². The molecule has 0 aliphatic heterocycles. The van der Waals surface area contributed by atoms with E-state index in [0.29, 0.717) is 11.4 Å². The van der Waals surface area contributed by atoms with Crippen molar-refractivity contribution in [1.29, 1.82) is 0 Å². The number of nitrogens with zero attached hydrogens (tertiary/aromatic N) is 2. The van der Waals surface area contributed by atoms with Crippen molar-refractivity contribution in [2.45, 2.75) is 32.9 Å². The number of benzene rings is 1. The van der Waals surface area contributed by atoms with Crippen molar-refractivity contribution in [3.05, 3.63) is 30.5 Å². The molecule has 1 aromatic carbocycles. The fourth-order valence-electron chi connectivity index (χ4n) is 1.84. The van der Waals surface area contributed by atoms with Gasteiger partial charge in [-0.15, -0.1) is 0 Å². The molecule has 0 saturated carbocycles. The summed E-state index contributed by atoms with van der Waals surface area (Å²) in [6.07, 6.45) is 2.73. The monoisotopic (exact) mass is 281 g/mol. The second kappa shape index (κ2) is 5.90. The molecule has 2 aromatic rings. The van der Waals surface area contributed by atoms with E-state index in [0.717, 1.165) is 12.0 Å². The van der Waals surface area contributed by atoms with Crippen LogP contribution in [0.1, 0.15) is 26.3 Å². The Bertz CT molecular complexity index is 566. The van der Waals surface area contributed by atoms with Crippen LogP contribution in [-0.4, -0.2) is 16.4 Å². The zero-order chi connectivity index (χ0) is 14.7. The van der Waals surface area contributed by atoms with Crippen molar-refractivity contribution in [2.24, 2.45) is 0 Å². The van der Waals surface area contributed by atoms with Gasteiger partial charge in [0, 0.05) is 17.8 Å². The van der Waals surface area contributed by atoms with Crippen molar-refractivity contribution in [3.8, 4) is 17.0 Å². The number of rotatable bonds is 5. The van der Waals surface area contributed by atoms with Gasteiger partial charge in [-0.05, 0) is 37.6 Å². The zero-order valence-electron chi connectivity index (χ0n) is 11.4. The van der Waals surface area contributed by atoms with Crippen molar-refractivity contribution >= 4 is 5.69 Å². The van der Waals surface area contributed by atoms with Gasteiger partial charge < -0.3 is 10.5 Å². The van der Waals surface area contributed by atoms with Gasteiger partial charge in [0.25, 0.3) is 0 Å². The third-order valence-corrected chi connectivity index (χ3v) is 3.16. The Labute approximate surface area is 116 Å². The molecule has 0 amide bonds. The lowest BCUT2D eigenvalue weighted by molar-refractivity contribution is -0.0498. The molecule has 0 radical (unpaired) electrons. The summed E-state index contributed by atoms with van der Waals surface area (Å²) in [5, 5.41) is 4.44. The van der Waals surface area contributed by atoms with Crippen LogP contribution in [0.15, 0.2) is 30.5 Å². The number of alkyl halides is 2. The Morgan fingerprint density at radius 1 is 1.30 bits per heavy atom. The van der Waals surface area contributed by atoms with Gasteiger partial charge in [0.05, 0.1) is 5.69 Å². The summed E-state index contributed by atoms with van der Waals surface area (Å²) >= 11 is 0. The van der Waals surface area contributed by atoms with Crippen molar-refractivity contribution < 1.29 is 13.5 Å². The smallest absolute Gasteiger partial charge is 0.387 e. The van der Waals surface area contributed by atoms with Crippen LogP contribution in [0, 0.1) is 0 Å². The Hall–Kier alpha value is -2.11. The van der Waals surface area contributed by atoms with Crippen LogP contribution < -0.4 is 10.5 Å². The van der Waals surface area contributed by atoms with Crippen LogP contribution in [0.25, 0.3) is 11.3 Å². The molecule has 6 heteroatoms. The molecule has 1 unspecified atom stereocenters. The quantitative estimate of drug-likeness (QED) is 0.909. The molecule has 1 aromatic heterocycles. The second-order valence-corrected chi connectivity index (χ2v) is 4.57. The van der Waals surface area contributed by atoms with Gasteiger partial charge >= 0.3 is 6.61 Å². The summed E-state index contributed by atoms with van der Waals surface area (Å²) in [6.45, 7) is 1.30. The van der Waals surface area contributed by atoms with E-state index in [1.54, 1.807) is 18.3 Å². The third kappa shape index (κ3) is 3.07. The summed E-state index contributed by atoms with van der Waals surface area (Å²) in [5.41, 5.74) is 7.93. The first kappa shape index (κ1) is 14.3. The molecule has 108 valence electrons. The van der Waals surface area contributed by atoms with E-state index in [4.69, 9.17) is 5.73 Å². The number of hydrogen-bond acceptors (Lipinski definition) is 3. The molecule has 4 nitrogen and oxygen atoms in total. The largest absolute Gasteiger partial charge is 0.435 e. The molecule has 0 bridgehead atoms. The first-order chi connectivity index (χ1) is 9.51. The van der Waals surface area contributed by atoms with E-state index in [2.05, 4.69) is 23.7 Å². The molecule has 0 saturated heterocycles. The lowest BCUT2D eigenvalue weighted by Crippen LogP contribution is -2.04. The normalized spacial score (nSPS) is 12.7. The van der Waals surface area contributed by atoms with Crippen LogP contribution in [0.4, 0.5) is 14.5 Å². The Balaban J connectivity index is 2.25. The van der Waals surface area contributed by atoms with Crippen molar-refractivity contribution in [2.75, 3.05) is 5.73 Å². The predicted octanol–water partition coefficient (Wildman–Crippen LogP) is 3.70. The topological polar surface area (TPSA) is 53.1 Å². The molecular formula is C14H17F2N3O. The van der Waals surface area contributed by atoms with Gasteiger partial charge in [-0.1, -0.05) is 6.92 Å². The first-order valence-corrected chi connectivity index (χ1v) is 6.41. The highest BCUT2D eigenvalue weighted by Crippen LogP contribution is 2.27. The summed E-state index contributed by atoms with van der Waals surface area (Å²) in [6, 6.07) is 6.54. The van der Waals surface area contributed by atoms with E-state index in [-0.39, 0.29) is 11.8 Å². The lowest BCUT2D eigenvalue weighted by atomic mass is 10.1. The molecular weight excluding hydrogens is 264 g/mol. The maximum Gasteiger partial charge on any atom is 0.387 e. The molecule has 20 heavy (non-hydrogen) atoms. The predicted molar refractivity (Wildman–Crippen MR) is 73.7 cm³/mol. The molecule has 1 heterocycles. The number of aromatic nitrogens is 2. The molecule has 1 atom stereocenters. The number of anilines is 1. The number of nitrogen functional groups attached to an aromatic ring is 1. The maximum absolute atomic E-state index is 12.1. The first-order valence-electron chi connectivity index (χ1n) is 6.41. The van der Waals surface area contributed by atoms with E-state index in [9.17, 15) is 8.78 Å². The lowest BCUT2D eigenvalue weighted by Gasteiger charge is -2.08. The molecule has 0 aliphatic carbocycles. The Morgan fingerprint density at radius 3 is 2.50 bits per heavy atom. The molecule has 0 spiro atoms. The number of halogens is 2. The second-order valence-electron chi connectivity index (χ2n) is 4.57. The van der Waals surface area contributed by atoms with Crippen molar-refractivity contribution in [1.82, 2.24) is 9.78 Å². The summed E-state index contributed by atoms with van der Waals surface area (Å²) in [4.78, 5) is 0. The van der Waals surface area contributed by atoms with Crippen molar-refractivity contribution in [3.63, 3.8) is 0 Å². The van der Waals surface area contributed by atoms with Crippen LogP contribution in [0.3, 0.4) is 0 Å².